The second-order valence-corrected chi connectivity index (χ2v) is 3.95. The van der Waals surface area contributed by atoms with Crippen LogP contribution in [0.25, 0.3) is 0 Å². The summed E-state index contributed by atoms with van der Waals surface area (Å²) in [4.78, 5) is 14.7. The fourth-order valence-electron chi connectivity index (χ4n) is 1.89. The van der Waals surface area contributed by atoms with Gasteiger partial charge in [0.05, 0.1) is 6.61 Å². The Labute approximate surface area is 96.9 Å². The zero-order valence-electron chi connectivity index (χ0n) is 9.22. The van der Waals surface area contributed by atoms with Crippen LogP contribution in [0.3, 0.4) is 0 Å². The van der Waals surface area contributed by atoms with E-state index in [-0.39, 0.29) is 12.2 Å². The Morgan fingerprint density at radius 1 is 1.47 bits per heavy atom. The Morgan fingerprint density at radius 3 is 2.71 bits per heavy atom. The van der Waals surface area contributed by atoms with Crippen LogP contribution >= 0.6 is 0 Å². The van der Waals surface area contributed by atoms with Gasteiger partial charge in [0.15, 0.2) is 6.23 Å². The molecule has 1 aliphatic rings. The van der Waals surface area contributed by atoms with E-state index >= 15 is 0 Å². The molecule has 3 N–H and O–H groups in total. The van der Waals surface area contributed by atoms with E-state index in [0.29, 0.717) is 5.82 Å². The van der Waals surface area contributed by atoms with Gasteiger partial charge in [-0.05, 0) is 6.92 Å². The normalized spacial score (nSPS) is 32.9. The standard InChI is InChI=1S/C10H14N2O5/c1-5-11-7(14)2-3-12(5)10-9(16)8(15)6(4-13)17-10/h2-3,6,8-10,13,15-16H,4H2,1H3/t6-,8-,9-,10-/m1/s1. The van der Waals surface area contributed by atoms with Gasteiger partial charge >= 0.3 is 0 Å². The van der Waals surface area contributed by atoms with Crippen molar-refractivity contribution >= 4 is 0 Å². The molecule has 4 atom stereocenters. The average Bonchev–Trinajstić information content (AvgIpc) is 2.57. The Hall–Kier alpha value is -1.28. The van der Waals surface area contributed by atoms with Crippen molar-refractivity contribution in [3.63, 3.8) is 0 Å². The average molecular weight is 242 g/mol. The first kappa shape index (κ1) is 12.2. The Morgan fingerprint density at radius 2 is 2.18 bits per heavy atom. The van der Waals surface area contributed by atoms with Crippen molar-refractivity contribution in [3.8, 4) is 0 Å². The number of aromatic nitrogens is 2. The molecule has 1 aromatic heterocycles. The minimum absolute atomic E-state index is 0.368. The predicted molar refractivity (Wildman–Crippen MR) is 56.2 cm³/mol. The Bertz CT molecular complexity index is 460. The van der Waals surface area contributed by atoms with Crippen LogP contribution in [0, 0.1) is 6.92 Å². The summed E-state index contributed by atoms with van der Waals surface area (Å²) in [5.41, 5.74) is -0.384. The second kappa shape index (κ2) is 4.53. The maximum atomic E-state index is 11.0. The first-order valence-corrected chi connectivity index (χ1v) is 5.23. The van der Waals surface area contributed by atoms with E-state index in [9.17, 15) is 15.0 Å². The molecule has 0 unspecified atom stereocenters. The quantitative estimate of drug-likeness (QED) is 0.563. The van der Waals surface area contributed by atoms with E-state index in [1.165, 1.54) is 16.8 Å². The lowest BCUT2D eigenvalue weighted by atomic mass is 10.1. The second-order valence-electron chi connectivity index (χ2n) is 3.95. The molecule has 7 heteroatoms. The summed E-state index contributed by atoms with van der Waals surface area (Å²) in [5, 5.41) is 28.4. The summed E-state index contributed by atoms with van der Waals surface area (Å²) in [5.74, 6) is 0.368. The summed E-state index contributed by atoms with van der Waals surface area (Å²) in [6, 6.07) is 1.24. The van der Waals surface area contributed by atoms with E-state index in [1.807, 2.05) is 0 Å². The van der Waals surface area contributed by atoms with Crippen LogP contribution in [0.4, 0.5) is 0 Å². The summed E-state index contributed by atoms with van der Waals surface area (Å²) < 4.78 is 6.76. The van der Waals surface area contributed by atoms with Gasteiger partial charge < -0.3 is 24.6 Å². The summed E-state index contributed by atoms with van der Waals surface area (Å²) in [6.45, 7) is 1.21. The molecule has 1 aromatic rings. The fraction of sp³-hybridized carbons (Fsp3) is 0.600. The minimum Gasteiger partial charge on any atom is -0.394 e. The van der Waals surface area contributed by atoms with E-state index in [0.717, 1.165) is 0 Å². The minimum atomic E-state index is -1.17. The topological polar surface area (TPSA) is 105 Å². The summed E-state index contributed by atoms with van der Waals surface area (Å²) in [7, 11) is 0. The molecule has 0 spiro atoms. The van der Waals surface area contributed by atoms with E-state index in [2.05, 4.69) is 4.98 Å². The lowest BCUT2D eigenvalue weighted by Gasteiger charge is -2.19. The van der Waals surface area contributed by atoms with Gasteiger partial charge in [0.25, 0.3) is 5.56 Å². The summed E-state index contributed by atoms with van der Waals surface area (Å²) in [6.07, 6.45) is -2.59. The Kier molecular flexibility index (Phi) is 3.25. The fourth-order valence-corrected chi connectivity index (χ4v) is 1.89. The first-order valence-electron chi connectivity index (χ1n) is 5.23. The smallest absolute Gasteiger partial charge is 0.272 e. The molecular weight excluding hydrogens is 228 g/mol. The highest BCUT2D eigenvalue weighted by molar-refractivity contribution is 4.97. The van der Waals surface area contributed by atoms with Gasteiger partial charge in [-0.3, -0.25) is 4.79 Å². The molecule has 0 aromatic carbocycles. The number of hydrogen-bond donors (Lipinski definition) is 3. The molecule has 1 aliphatic heterocycles. The van der Waals surface area contributed by atoms with Crippen molar-refractivity contribution in [2.75, 3.05) is 6.61 Å². The molecule has 2 heterocycles. The lowest BCUT2D eigenvalue weighted by molar-refractivity contribution is -0.0544. The number of aliphatic hydroxyl groups excluding tert-OH is 3. The van der Waals surface area contributed by atoms with Gasteiger partial charge in [-0.15, -0.1) is 0 Å². The molecule has 1 saturated heterocycles. The highest BCUT2D eigenvalue weighted by Crippen LogP contribution is 2.29. The molecule has 2 rings (SSSR count). The van der Waals surface area contributed by atoms with Gasteiger partial charge in [0.1, 0.15) is 24.1 Å². The third-order valence-electron chi connectivity index (χ3n) is 2.81. The number of ether oxygens (including phenoxy) is 1. The maximum Gasteiger partial charge on any atom is 0.272 e. The zero-order chi connectivity index (χ0) is 12.6. The number of rotatable bonds is 2. The van der Waals surface area contributed by atoms with Gasteiger partial charge in [-0.1, -0.05) is 0 Å². The summed E-state index contributed by atoms with van der Waals surface area (Å²) >= 11 is 0. The van der Waals surface area contributed by atoms with Crippen molar-refractivity contribution in [2.45, 2.75) is 31.5 Å². The lowest BCUT2D eigenvalue weighted by Crippen LogP contribution is -2.33. The number of aliphatic hydroxyl groups is 3. The van der Waals surface area contributed by atoms with Crippen molar-refractivity contribution < 1.29 is 20.1 Å². The SMILES string of the molecule is Cc1nc(=O)ccn1[C@@H]1O[C@H](CO)[C@@H](O)[C@H]1O. The predicted octanol–water partition coefficient (Wildman–Crippen LogP) is -1.84. The molecule has 1 fully saturated rings. The van der Waals surface area contributed by atoms with Crippen LogP contribution in [0.2, 0.25) is 0 Å². The van der Waals surface area contributed by atoms with Gasteiger partial charge in [-0.2, -0.15) is 4.98 Å². The van der Waals surface area contributed by atoms with Gasteiger partial charge in [-0.25, -0.2) is 0 Å². The van der Waals surface area contributed by atoms with Crippen LogP contribution in [0.1, 0.15) is 12.1 Å². The van der Waals surface area contributed by atoms with Crippen LogP contribution in [0.5, 0.6) is 0 Å². The number of aryl methyl sites for hydroxylation is 1. The number of nitrogens with zero attached hydrogens (tertiary/aromatic N) is 2. The third kappa shape index (κ3) is 2.09. The molecular formula is C10H14N2O5. The van der Waals surface area contributed by atoms with E-state index < -0.39 is 24.5 Å². The van der Waals surface area contributed by atoms with E-state index in [1.54, 1.807) is 6.92 Å². The maximum absolute atomic E-state index is 11.0. The largest absolute Gasteiger partial charge is 0.394 e. The molecule has 0 bridgehead atoms. The monoisotopic (exact) mass is 242 g/mol. The highest BCUT2D eigenvalue weighted by Gasteiger charge is 2.43. The molecule has 0 amide bonds. The van der Waals surface area contributed by atoms with E-state index in [4.69, 9.17) is 9.84 Å². The van der Waals surface area contributed by atoms with Gasteiger partial charge in [0, 0.05) is 12.3 Å². The molecule has 0 saturated carbocycles. The van der Waals surface area contributed by atoms with Crippen molar-refractivity contribution in [1.82, 2.24) is 9.55 Å². The number of hydrogen-bond acceptors (Lipinski definition) is 6. The van der Waals surface area contributed by atoms with Crippen LogP contribution in [-0.2, 0) is 4.74 Å². The van der Waals surface area contributed by atoms with Crippen molar-refractivity contribution in [3.05, 3.63) is 28.4 Å². The van der Waals surface area contributed by atoms with Crippen LogP contribution in [-0.4, -0.2) is 49.8 Å². The molecule has 94 valence electrons. The van der Waals surface area contributed by atoms with Crippen LogP contribution < -0.4 is 5.56 Å². The molecule has 7 nitrogen and oxygen atoms in total. The first-order chi connectivity index (χ1) is 8.04. The van der Waals surface area contributed by atoms with Gasteiger partial charge in [0.2, 0.25) is 0 Å². The highest BCUT2D eigenvalue weighted by atomic mass is 16.6. The molecule has 0 aliphatic carbocycles. The van der Waals surface area contributed by atoms with Crippen molar-refractivity contribution in [2.24, 2.45) is 0 Å². The zero-order valence-corrected chi connectivity index (χ0v) is 9.22. The molecule has 17 heavy (non-hydrogen) atoms. The van der Waals surface area contributed by atoms with Crippen LogP contribution in [0.15, 0.2) is 17.1 Å². The van der Waals surface area contributed by atoms with Crippen molar-refractivity contribution in [1.29, 1.82) is 0 Å². The third-order valence-corrected chi connectivity index (χ3v) is 2.81. The molecule has 0 radical (unpaired) electrons. The Balaban J connectivity index is 2.32.